The van der Waals surface area contributed by atoms with Gasteiger partial charge in [-0.1, -0.05) is 6.07 Å². The van der Waals surface area contributed by atoms with Gasteiger partial charge in [-0.2, -0.15) is 13.2 Å². The SMILES string of the molecule is CC(C)(C)OC(=O)CCC(C(N)=O)N1Cc2cc(-c3cc(CO)c(C(F)(F)F)cn3)ccc2C1=O. The van der Waals surface area contributed by atoms with Crippen LogP contribution in [0.5, 0.6) is 0 Å². The highest BCUT2D eigenvalue weighted by Crippen LogP contribution is 2.35. The number of esters is 1. The van der Waals surface area contributed by atoms with E-state index in [4.69, 9.17) is 10.5 Å². The van der Waals surface area contributed by atoms with E-state index < -0.39 is 47.8 Å². The lowest BCUT2D eigenvalue weighted by atomic mass is 10.0. The predicted octanol–water partition coefficient (Wildman–Crippen LogP) is 3.19. The van der Waals surface area contributed by atoms with Crippen molar-refractivity contribution in [2.24, 2.45) is 5.73 Å². The van der Waals surface area contributed by atoms with Crippen molar-refractivity contribution in [2.75, 3.05) is 0 Å². The molecule has 0 saturated carbocycles. The third-order valence-electron chi connectivity index (χ3n) is 5.44. The molecule has 1 aliphatic rings. The second kappa shape index (κ2) is 9.65. The van der Waals surface area contributed by atoms with Gasteiger partial charge in [-0.05, 0) is 56.5 Å². The Morgan fingerprint density at radius 3 is 2.49 bits per heavy atom. The Balaban J connectivity index is 1.83. The van der Waals surface area contributed by atoms with E-state index in [1.807, 2.05) is 0 Å². The van der Waals surface area contributed by atoms with Crippen LogP contribution in [0, 0.1) is 0 Å². The number of fused-ring (bicyclic) bond motifs is 1. The lowest BCUT2D eigenvalue weighted by Gasteiger charge is -2.25. The number of nitrogens with two attached hydrogens (primary N) is 1. The van der Waals surface area contributed by atoms with Gasteiger partial charge in [-0.15, -0.1) is 0 Å². The number of aliphatic hydroxyl groups excluding tert-OH is 1. The van der Waals surface area contributed by atoms with Crippen molar-refractivity contribution in [1.82, 2.24) is 9.88 Å². The van der Waals surface area contributed by atoms with E-state index in [9.17, 15) is 32.7 Å². The third-order valence-corrected chi connectivity index (χ3v) is 5.44. The summed E-state index contributed by atoms with van der Waals surface area (Å²) < 4.78 is 44.6. The molecule has 3 N–H and O–H groups in total. The summed E-state index contributed by atoms with van der Waals surface area (Å²) in [6.07, 6.45) is -4.13. The van der Waals surface area contributed by atoms with Gasteiger partial charge < -0.3 is 20.5 Å². The standard InChI is InChI=1S/C24H26F3N3O5/c1-23(2,3)35-20(32)7-6-19(21(28)33)30-11-14-8-13(4-5-16(14)22(30)34)18-9-15(12-31)17(10-29-18)24(25,26)27/h4-5,8-10,19,31H,6-7,11-12H2,1-3H3,(H2,28,33). The average molecular weight is 493 g/mol. The van der Waals surface area contributed by atoms with Crippen molar-refractivity contribution in [3.63, 3.8) is 0 Å². The molecule has 0 radical (unpaired) electrons. The van der Waals surface area contributed by atoms with Crippen molar-refractivity contribution >= 4 is 17.8 Å². The van der Waals surface area contributed by atoms with Crippen molar-refractivity contribution in [1.29, 1.82) is 0 Å². The zero-order chi connectivity index (χ0) is 26.1. The molecule has 1 aliphatic heterocycles. The molecule has 1 atom stereocenters. The number of halogens is 3. The van der Waals surface area contributed by atoms with Crippen molar-refractivity contribution in [3.05, 3.63) is 52.7 Å². The molecule has 0 aliphatic carbocycles. The fourth-order valence-electron chi connectivity index (χ4n) is 3.89. The maximum atomic E-state index is 13.1. The number of hydrogen-bond acceptors (Lipinski definition) is 6. The van der Waals surface area contributed by atoms with Gasteiger partial charge in [0.05, 0.1) is 17.9 Å². The van der Waals surface area contributed by atoms with E-state index in [1.165, 1.54) is 17.0 Å². The lowest BCUT2D eigenvalue weighted by Crippen LogP contribution is -2.45. The minimum Gasteiger partial charge on any atom is -0.460 e. The normalized spacial score (nSPS) is 14.6. The molecule has 3 rings (SSSR count). The summed E-state index contributed by atoms with van der Waals surface area (Å²) in [7, 11) is 0. The van der Waals surface area contributed by atoms with Crippen LogP contribution in [0.25, 0.3) is 11.3 Å². The van der Waals surface area contributed by atoms with Gasteiger partial charge in [-0.3, -0.25) is 19.4 Å². The molecule has 2 heterocycles. The molecule has 0 spiro atoms. The van der Waals surface area contributed by atoms with Gasteiger partial charge >= 0.3 is 12.1 Å². The van der Waals surface area contributed by atoms with E-state index in [2.05, 4.69) is 4.98 Å². The van der Waals surface area contributed by atoms with Gasteiger partial charge in [0, 0.05) is 30.3 Å². The molecule has 0 fully saturated rings. The van der Waals surface area contributed by atoms with Gasteiger partial charge in [0.25, 0.3) is 5.91 Å². The molecule has 188 valence electrons. The molecule has 0 saturated heterocycles. The summed E-state index contributed by atoms with van der Waals surface area (Å²) in [4.78, 5) is 42.3. The summed E-state index contributed by atoms with van der Waals surface area (Å²) in [5.41, 5.74) is 4.94. The Kier molecular flexibility index (Phi) is 7.21. The number of carbonyl (C=O) groups excluding carboxylic acids is 3. The molecule has 11 heteroatoms. The molecule has 8 nitrogen and oxygen atoms in total. The summed E-state index contributed by atoms with van der Waals surface area (Å²) >= 11 is 0. The first-order chi connectivity index (χ1) is 16.2. The Bertz CT molecular complexity index is 1160. The molecule has 1 aromatic heterocycles. The van der Waals surface area contributed by atoms with Crippen LogP contribution in [0.1, 0.15) is 60.7 Å². The first-order valence-corrected chi connectivity index (χ1v) is 10.8. The van der Waals surface area contributed by atoms with E-state index in [0.717, 1.165) is 6.07 Å². The van der Waals surface area contributed by atoms with Crippen LogP contribution in [0.2, 0.25) is 0 Å². The zero-order valence-electron chi connectivity index (χ0n) is 19.5. The minimum atomic E-state index is -4.66. The second-order valence-electron chi connectivity index (χ2n) is 9.23. The number of aromatic nitrogens is 1. The van der Waals surface area contributed by atoms with E-state index in [-0.39, 0.29) is 30.6 Å². The number of aliphatic hydroxyl groups is 1. The van der Waals surface area contributed by atoms with Gasteiger partial charge in [0.15, 0.2) is 0 Å². The van der Waals surface area contributed by atoms with Crippen LogP contribution in [0.15, 0.2) is 30.5 Å². The Labute approximate surface area is 199 Å². The van der Waals surface area contributed by atoms with E-state index in [0.29, 0.717) is 22.9 Å². The summed E-state index contributed by atoms with van der Waals surface area (Å²) in [5, 5.41) is 9.39. The summed E-state index contributed by atoms with van der Waals surface area (Å²) in [5.74, 6) is -1.74. The van der Waals surface area contributed by atoms with Crippen molar-refractivity contribution < 1.29 is 37.4 Å². The predicted molar refractivity (Wildman–Crippen MR) is 119 cm³/mol. The molecule has 1 aromatic carbocycles. The number of primary amides is 1. The maximum Gasteiger partial charge on any atom is 0.418 e. The molecule has 0 bridgehead atoms. The average Bonchev–Trinajstić information content (AvgIpc) is 3.07. The fourth-order valence-corrected chi connectivity index (χ4v) is 3.89. The molecular formula is C24H26F3N3O5. The number of carbonyl (C=O) groups is 3. The summed E-state index contributed by atoms with van der Waals surface area (Å²) in [6.45, 7) is 4.34. The first-order valence-electron chi connectivity index (χ1n) is 10.8. The molecule has 2 aromatic rings. The smallest absolute Gasteiger partial charge is 0.418 e. The molecule has 2 amide bonds. The van der Waals surface area contributed by atoms with E-state index >= 15 is 0 Å². The second-order valence-corrected chi connectivity index (χ2v) is 9.23. The highest BCUT2D eigenvalue weighted by atomic mass is 19.4. The summed E-state index contributed by atoms with van der Waals surface area (Å²) in [6, 6.07) is 4.71. The zero-order valence-corrected chi connectivity index (χ0v) is 19.5. The quantitative estimate of drug-likeness (QED) is 0.571. The number of ether oxygens (including phenoxy) is 1. The monoisotopic (exact) mass is 493 g/mol. The van der Waals surface area contributed by atoms with Gasteiger partial charge in [0.2, 0.25) is 5.91 Å². The fraction of sp³-hybridized carbons (Fsp3) is 0.417. The topological polar surface area (TPSA) is 123 Å². The molecule has 1 unspecified atom stereocenters. The molecular weight excluding hydrogens is 467 g/mol. The number of amides is 2. The van der Waals surface area contributed by atoms with Crippen molar-refractivity contribution in [2.45, 2.75) is 64.6 Å². The first kappa shape index (κ1) is 26.1. The van der Waals surface area contributed by atoms with Crippen LogP contribution < -0.4 is 5.73 Å². The van der Waals surface area contributed by atoms with E-state index in [1.54, 1.807) is 26.8 Å². The molecule has 35 heavy (non-hydrogen) atoms. The van der Waals surface area contributed by atoms with Crippen LogP contribution in [0.4, 0.5) is 13.2 Å². The third kappa shape index (κ3) is 5.97. The van der Waals surface area contributed by atoms with Gasteiger partial charge in [-0.25, -0.2) is 0 Å². The van der Waals surface area contributed by atoms with Crippen LogP contribution in [-0.4, -0.2) is 44.4 Å². The van der Waals surface area contributed by atoms with Crippen LogP contribution in [0.3, 0.4) is 0 Å². The lowest BCUT2D eigenvalue weighted by molar-refractivity contribution is -0.155. The number of rotatable bonds is 7. The minimum absolute atomic E-state index is 0.0167. The number of hydrogen-bond donors (Lipinski definition) is 2. The van der Waals surface area contributed by atoms with Crippen LogP contribution in [-0.2, 0) is 33.7 Å². The largest absolute Gasteiger partial charge is 0.460 e. The highest BCUT2D eigenvalue weighted by molar-refractivity contribution is 6.01. The van der Waals surface area contributed by atoms with Gasteiger partial charge in [0.1, 0.15) is 11.6 Å². The maximum absolute atomic E-state index is 13.1. The Morgan fingerprint density at radius 1 is 1.23 bits per heavy atom. The number of benzene rings is 1. The number of pyridine rings is 1. The highest BCUT2D eigenvalue weighted by Gasteiger charge is 2.37. The van der Waals surface area contributed by atoms with Crippen LogP contribution >= 0.6 is 0 Å². The Hall–Kier alpha value is -3.47. The number of alkyl halides is 3. The van der Waals surface area contributed by atoms with Crippen molar-refractivity contribution in [3.8, 4) is 11.3 Å². The Morgan fingerprint density at radius 2 is 1.91 bits per heavy atom. The number of nitrogens with zero attached hydrogens (tertiary/aromatic N) is 2.